The molecular formula is C6H4N4O5. The number of rotatable bonds is 3. The molecule has 0 atom stereocenters. The first-order valence-corrected chi connectivity index (χ1v) is 3.45. The van der Waals surface area contributed by atoms with Gasteiger partial charge < -0.3 is 15.9 Å². The van der Waals surface area contributed by atoms with Gasteiger partial charge in [0.15, 0.2) is 11.4 Å². The zero-order valence-corrected chi connectivity index (χ0v) is 7.04. The fourth-order valence-corrected chi connectivity index (χ4v) is 0.849. The Hall–Kier alpha value is -2.58. The van der Waals surface area contributed by atoms with E-state index < -0.39 is 34.8 Å². The molecule has 1 aromatic rings. The summed E-state index contributed by atoms with van der Waals surface area (Å²) in [6.45, 7) is 0. The van der Waals surface area contributed by atoms with Gasteiger partial charge in [-0.25, -0.2) is 9.59 Å². The summed E-state index contributed by atoms with van der Waals surface area (Å²) in [5, 5.41) is 26.2. The van der Waals surface area contributed by atoms with Crippen molar-refractivity contribution in [2.75, 3.05) is 0 Å². The van der Waals surface area contributed by atoms with Crippen molar-refractivity contribution < 1.29 is 24.6 Å². The molecule has 0 aliphatic carbocycles. The van der Waals surface area contributed by atoms with Crippen LogP contribution in [-0.4, -0.2) is 43.5 Å². The zero-order valence-electron chi connectivity index (χ0n) is 7.04. The number of carbonyl (C=O) groups excluding carboxylic acids is 1. The summed E-state index contributed by atoms with van der Waals surface area (Å²) in [6.07, 6.45) is 0. The summed E-state index contributed by atoms with van der Waals surface area (Å²) in [5.41, 5.74) is 2.30. The molecule has 0 unspecified atom stereocenters. The molecule has 0 saturated heterocycles. The van der Waals surface area contributed by atoms with E-state index in [0.717, 1.165) is 0 Å². The highest BCUT2D eigenvalue weighted by molar-refractivity contribution is 6.08. The van der Waals surface area contributed by atoms with E-state index in [1.165, 1.54) is 0 Å². The fourth-order valence-electron chi connectivity index (χ4n) is 0.849. The average Bonchev–Trinajstić information content (AvgIpc) is 2.16. The Bertz CT molecular complexity index is 425. The van der Waals surface area contributed by atoms with Crippen molar-refractivity contribution in [3.8, 4) is 0 Å². The van der Waals surface area contributed by atoms with E-state index in [9.17, 15) is 14.4 Å². The van der Waals surface area contributed by atoms with Crippen molar-refractivity contribution in [3.63, 3.8) is 0 Å². The van der Waals surface area contributed by atoms with Crippen molar-refractivity contribution in [2.24, 2.45) is 5.73 Å². The molecule has 0 spiro atoms. The normalized spacial score (nSPS) is 9.60. The number of amides is 1. The maximum Gasteiger partial charge on any atom is 0.357 e. The number of primary amides is 1. The molecule has 0 radical (unpaired) electrons. The third-order valence-electron chi connectivity index (χ3n) is 1.41. The second-order valence-electron chi connectivity index (χ2n) is 2.34. The second kappa shape index (κ2) is 3.65. The van der Waals surface area contributed by atoms with Crippen LogP contribution < -0.4 is 5.73 Å². The Labute approximate surface area is 81.5 Å². The van der Waals surface area contributed by atoms with Crippen molar-refractivity contribution in [3.05, 3.63) is 17.0 Å². The predicted octanol–water partition coefficient (Wildman–Crippen LogP) is -1.63. The number of aromatic carboxylic acids is 2. The van der Waals surface area contributed by atoms with Gasteiger partial charge in [-0.05, 0) is 5.21 Å². The van der Waals surface area contributed by atoms with Crippen LogP contribution in [0.5, 0.6) is 0 Å². The monoisotopic (exact) mass is 212 g/mol. The molecule has 0 aliphatic heterocycles. The molecule has 78 valence electrons. The molecule has 9 nitrogen and oxygen atoms in total. The molecule has 0 saturated carbocycles. The number of nitrogens with two attached hydrogens (primary N) is 1. The molecule has 15 heavy (non-hydrogen) atoms. The Morgan fingerprint density at radius 2 is 1.53 bits per heavy atom. The Morgan fingerprint density at radius 3 is 1.93 bits per heavy atom. The van der Waals surface area contributed by atoms with Gasteiger partial charge in [0.2, 0.25) is 0 Å². The maximum absolute atomic E-state index is 10.7. The van der Waals surface area contributed by atoms with E-state index >= 15 is 0 Å². The molecular weight excluding hydrogens is 208 g/mol. The number of hydrogen-bond donors (Lipinski definition) is 3. The van der Waals surface area contributed by atoms with Crippen molar-refractivity contribution in [1.29, 1.82) is 0 Å². The summed E-state index contributed by atoms with van der Waals surface area (Å²) < 4.78 is 0. The van der Waals surface area contributed by atoms with E-state index in [1.807, 2.05) is 0 Å². The van der Waals surface area contributed by atoms with Crippen molar-refractivity contribution >= 4 is 17.8 Å². The molecule has 1 heterocycles. The quantitative estimate of drug-likeness (QED) is 0.538. The van der Waals surface area contributed by atoms with Crippen LogP contribution in [0, 0.1) is 0 Å². The van der Waals surface area contributed by atoms with Gasteiger partial charge in [0.1, 0.15) is 5.56 Å². The first-order valence-electron chi connectivity index (χ1n) is 3.45. The molecule has 0 aliphatic rings. The van der Waals surface area contributed by atoms with Gasteiger partial charge in [-0.15, -0.1) is 10.2 Å². The lowest BCUT2D eigenvalue weighted by molar-refractivity contribution is 0.0641. The highest BCUT2D eigenvalue weighted by atomic mass is 16.4. The molecule has 0 aromatic carbocycles. The van der Waals surface area contributed by atoms with E-state index in [-0.39, 0.29) is 0 Å². The Balaban J connectivity index is 3.56. The molecule has 0 bridgehead atoms. The Morgan fingerprint density at radius 1 is 1.00 bits per heavy atom. The third-order valence-corrected chi connectivity index (χ3v) is 1.41. The van der Waals surface area contributed by atoms with Crippen LogP contribution in [0.15, 0.2) is 0 Å². The highest BCUT2D eigenvalue weighted by Gasteiger charge is 2.26. The summed E-state index contributed by atoms with van der Waals surface area (Å²) in [6, 6.07) is 0. The molecule has 0 fully saturated rings. The van der Waals surface area contributed by atoms with Crippen LogP contribution in [0.1, 0.15) is 31.3 Å². The third kappa shape index (κ3) is 1.85. The second-order valence-corrected chi connectivity index (χ2v) is 2.34. The molecule has 1 rings (SSSR count). The van der Waals surface area contributed by atoms with E-state index in [4.69, 9.17) is 15.9 Å². The van der Waals surface area contributed by atoms with E-state index in [1.54, 1.807) is 0 Å². The number of carboxylic acids is 2. The van der Waals surface area contributed by atoms with Gasteiger partial charge in [0.05, 0.1) is 0 Å². The van der Waals surface area contributed by atoms with Crippen molar-refractivity contribution in [2.45, 2.75) is 0 Å². The van der Waals surface area contributed by atoms with Crippen LogP contribution in [-0.2, 0) is 0 Å². The highest BCUT2D eigenvalue weighted by Crippen LogP contribution is 2.08. The van der Waals surface area contributed by atoms with Gasteiger partial charge in [-0.3, -0.25) is 4.79 Å². The zero-order chi connectivity index (χ0) is 11.6. The summed E-state index contributed by atoms with van der Waals surface area (Å²) >= 11 is 0. The van der Waals surface area contributed by atoms with E-state index in [0.29, 0.717) is 0 Å². The van der Waals surface area contributed by atoms with Crippen LogP contribution in [0.4, 0.5) is 0 Å². The van der Waals surface area contributed by atoms with E-state index in [2.05, 4.69) is 15.4 Å². The maximum atomic E-state index is 10.7. The van der Waals surface area contributed by atoms with Gasteiger partial charge in [-0.2, -0.15) is 0 Å². The molecule has 9 heteroatoms. The first kappa shape index (κ1) is 10.5. The van der Waals surface area contributed by atoms with Crippen LogP contribution >= 0.6 is 0 Å². The van der Waals surface area contributed by atoms with Crippen LogP contribution in [0.25, 0.3) is 0 Å². The van der Waals surface area contributed by atoms with Gasteiger partial charge >= 0.3 is 11.9 Å². The van der Waals surface area contributed by atoms with Crippen LogP contribution in [0.2, 0.25) is 0 Å². The lowest BCUT2D eigenvalue weighted by Crippen LogP contribution is -2.23. The summed E-state index contributed by atoms with van der Waals surface area (Å²) in [4.78, 5) is 32.0. The lowest BCUT2D eigenvalue weighted by atomic mass is 10.1. The average molecular weight is 212 g/mol. The number of hydrogen-bond acceptors (Lipinski definition) is 6. The van der Waals surface area contributed by atoms with Gasteiger partial charge in [0, 0.05) is 0 Å². The molecule has 1 aromatic heterocycles. The predicted molar refractivity (Wildman–Crippen MR) is 42.3 cm³/mol. The topological polar surface area (TPSA) is 156 Å². The molecule has 1 amide bonds. The SMILES string of the molecule is NC(=O)c1nnnc(C(=O)O)c1C(=O)O. The van der Waals surface area contributed by atoms with Gasteiger partial charge in [0.25, 0.3) is 5.91 Å². The standard InChI is InChI=1S/C6H4N4O5/c7-4(11)2-1(5(12)13)3(6(14)15)9-10-8-2/h(H2,7,11)(H,12,13)(H,14,15). The van der Waals surface area contributed by atoms with Gasteiger partial charge in [-0.1, -0.05) is 0 Å². The fraction of sp³-hybridized carbons (Fsp3) is 0. The number of nitrogens with zero attached hydrogens (tertiary/aromatic N) is 3. The smallest absolute Gasteiger partial charge is 0.357 e. The summed E-state index contributed by atoms with van der Waals surface area (Å²) in [7, 11) is 0. The minimum Gasteiger partial charge on any atom is -0.478 e. The molecule has 4 N–H and O–H groups in total. The Kier molecular flexibility index (Phi) is 2.56. The first-order chi connectivity index (χ1) is 6.95. The minimum absolute atomic E-state index is 0.741. The largest absolute Gasteiger partial charge is 0.478 e. The van der Waals surface area contributed by atoms with Crippen molar-refractivity contribution in [1.82, 2.24) is 15.4 Å². The number of aromatic nitrogens is 3. The number of carbonyl (C=O) groups is 3. The minimum atomic E-state index is -1.66. The lowest BCUT2D eigenvalue weighted by Gasteiger charge is -2.01. The summed E-state index contributed by atoms with van der Waals surface area (Å²) in [5.74, 6) is -4.49. The van der Waals surface area contributed by atoms with Crippen LogP contribution in [0.3, 0.4) is 0 Å². The number of carboxylic acid groups (broad SMARTS) is 2.